The van der Waals surface area contributed by atoms with Crippen molar-refractivity contribution in [3.63, 3.8) is 0 Å². The van der Waals surface area contributed by atoms with E-state index in [0.717, 1.165) is 6.42 Å². The van der Waals surface area contributed by atoms with Gasteiger partial charge in [-0.1, -0.05) is 0 Å². The van der Waals surface area contributed by atoms with Crippen molar-refractivity contribution in [2.45, 2.75) is 32.2 Å². The molecule has 0 amide bonds. The summed E-state index contributed by atoms with van der Waals surface area (Å²) in [5, 5.41) is 0. The van der Waals surface area contributed by atoms with E-state index in [-0.39, 0.29) is 0 Å². The van der Waals surface area contributed by atoms with Crippen molar-refractivity contribution in [3.05, 3.63) is 11.9 Å². The topological polar surface area (TPSA) is 43.8 Å². The van der Waals surface area contributed by atoms with Crippen molar-refractivity contribution in [1.29, 1.82) is 0 Å². The molecule has 0 spiro atoms. The Morgan fingerprint density at radius 2 is 2.55 bits per heavy atom. The molecule has 1 atom stereocenters. The van der Waals surface area contributed by atoms with Crippen molar-refractivity contribution in [1.82, 2.24) is 9.55 Å². The minimum absolute atomic E-state index is 0.543. The lowest BCUT2D eigenvalue weighted by molar-refractivity contribution is 0.437. The molecule has 1 aromatic heterocycles. The van der Waals surface area contributed by atoms with E-state index >= 15 is 0 Å². The molecule has 0 radical (unpaired) electrons. The summed E-state index contributed by atoms with van der Waals surface area (Å²) >= 11 is 0. The second-order valence-corrected chi connectivity index (χ2v) is 3.22. The molecule has 11 heavy (non-hydrogen) atoms. The quantitative estimate of drug-likeness (QED) is 0.608. The molecule has 1 aliphatic heterocycles. The molecule has 0 saturated carbocycles. The van der Waals surface area contributed by atoms with E-state index in [2.05, 4.69) is 16.5 Å². The molecule has 0 aromatic carbocycles. The van der Waals surface area contributed by atoms with Gasteiger partial charge in [-0.25, -0.2) is 4.98 Å². The van der Waals surface area contributed by atoms with Gasteiger partial charge in [0.2, 0.25) is 5.95 Å². The number of hydrogen-bond acceptors (Lipinski definition) is 2. The van der Waals surface area contributed by atoms with E-state index in [9.17, 15) is 0 Å². The molecule has 2 rings (SSSR count). The number of imidazole rings is 1. The largest absolute Gasteiger partial charge is 0.369 e. The predicted molar refractivity (Wildman–Crippen MR) is 44.3 cm³/mol. The van der Waals surface area contributed by atoms with Gasteiger partial charge in [0.05, 0.1) is 6.20 Å². The zero-order chi connectivity index (χ0) is 7.84. The van der Waals surface area contributed by atoms with Crippen LogP contribution >= 0.6 is 0 Å². The van der Waals surface area contributed by atoms with Gasteiger partial charge in [-0.15, -0.1) is 0 Å². The van der Waals surface area contributed by atoms with E-state index in [1.54, 1.807) is 0 Å². The first-order valence-electron chi connectivity index (χ1n) is 4.10. The van der Waals surface area contributed by atoms with Crippen LogP contribution in [0.3, 0.4) is 0 Å². The Labute approximate surface area is 66.2 Å². The van der Waals surface area contributed by atoms with Gasteiger partial charge >= 0.3 is 0 Å². The number of fused-ring (bicyclic) bond motifs is 1. The predicted octanol–water partition coefficient (Wildman–Crippen LogP) is 1.36. The second kappa shape index (κ2) is 2.26. The number of aryl methyl sites for hydroxylation is 1. The van der Waals surface area contributed by atoms with Gasteiger partial charge in [-0.3, -0.25) is 0 Å². The second-order valence-electron chi connectivity index (χ2n) is 3.22. The Morgan fingerprint density at radius 1 is 1.73 bits per heavy atom. The Bertz CT molecular complexity index is 264. The van der Waals surface area contributed by atoms with E-state index in [4.69, 9.17) is 5.73 Å². The van der Waals surface area contributed by atoms with Gasteiger partial charge in [0.25, 0.3) is 0 Å². The molecule has 3 nitrogen and oxygen atoms in total. The molecule has 2 heterocycles. The SMILES string of the molecule is CC1CCCc2cnc(N)n21. The first kappa shape index (κ1) is 6.70. The molecule has 3 heteroatoms. The Hall–Kier alpha value is -0.990. The summed E-state index contributed by atoms with van der Waals surface area (Å²) in [6.45, 7) is 2.20. The van der Waals surface area contributed by atoms with Gasteiger partial charge < -0.3 is 10.3 Å². The van der Waals surface area contributed by atoms with Gasteiger partial charge in [-0.2, -0.15) is 0 Å². The van der Waals surface area contributed by atoms with Crippen LogP contribution in [-0.4, -0.2) is 9.55 Å². The zero-order valence-electron chi connectivity index (χ0n) is 6.75. The monoisotopic (exact) mass is 151 g/mol. The van der Waals surface area contributed by atoms with Gasteiger partial charge in [-0.05, 0) is 26.2 Å². The Balaban J connectivity index is 2.48. The molecule has 1 aromatic rings. The number of anilines is 1. The highest BCUT2D eigenvalue weighted by Crippen LogP contribution is 2.26. The minimum atomic E-state index is 0.543. The summed E-state index contributed by atoms with van der Waals surface area (Å²) in [6, 6.07) is 0.543. The van der Waals surface area contributed by atoms with Crippen LogP contribution < -0.4 is 5.73 Å². The molecule has 60 valence electrons. The van der Waals surface area contributed by atoms with Gasteiger partial charge in [0.15, 0.2) is 0 Å². The van der Waals surface area contributed by atoms with Crippen molar-refractivity contribution in [3.8, 4) is 0 Å². The molecular weight excluding hydrogens is 138 g/mol. The molecule has 0 aliphatic carbocycles. The van der Waals surface area contributed by atoms with Crippen molar-refractivity contribution in [2.24, 2.45) is 0 Å². The summed E-state index contributed by atoms with van der Waals surface area (Å²) < 4.78 is 2.14. The van der Waals surface area contributed by atoms with Crippen LogP contribution in [0.2, 0.25) is 0 Å². The fourth-order valence-corrected chi connectivity index (χ4v) is 1.81. The fraction of sp³-hybridized carbons (Fsp3) is 0.625. The molecular formula is C8H13N3. The Morgan fingerprint density at radius 3 is 3.27 bits per heavy atom. The third-order valence-corrected chi connectivity index (χ3v) is 2.40. The first-order valence-corrected chi connectivity index (χ1v) is 4.10. The third kappa shape index (κ3) is 0.914. The maximum absolute atomic E-state index is 5.70. The van der Waals surface area contributed by atoms with Crippen molar-refractivity contribution < 1.29 is 0 Å². The maximum atomic E-state index is 5.70. The first-order chi connectivity index (χ1) is 5.29. The molecule has 0 fully saturated rings. The Kier molecular flexibility index (Phi) is 1.37. The lowest BCUT2D eigenvalue weighted by Gasteiger charge is -2.22. The van der Waals surface area contributed by atoms with E-state index < -0.39 is 0 Å². The molecule has 0 saturated heterocycles. The number of nitrogens with two attached hydrogens (primary N) is 1. The zero-order valence-corrected chi connectivity index (χ0v) is 6.75. The number of rotatable bonds is 0. The van der Waals surface area contributed by atoms with Crippen LogP contribution in [0.15, 0.2) is 6.20 Å². The maximum Gasteiger partial charge on any atom is 0.200 e. The number of hydrogen-bond donors (Lipinski definition) is 1. The lowest BCUT2D eigenvalue weighted by Crippen LogP contribution is -2.16. The van der Waals surface area contributed by atoms with Crippen LogP contribution in [0, 0.1) is 0 Å². The van der Waals surface area contributed by atoms with Crippen LogP contribution in [-0.2, 0) is 6.42 Å². The van der Waals surface area contributed by atoms with Crippen LogP contribution in [0.4, 0.5) is 5.95 Å². The number of aromatic nitrogens is 2. The van der Waals surface area contributed by atoms with Crippen molar-refractivity contribution >= 4 is 5.95 Å². The summed E-state index contributed by atoms with van der Waals surface area (Å²) in [5.74, 6) is 0.673. The molecule has 0 bridgehead atoms. The molecule has 1 aliphatic rings. The van der Waals surface area contributed by atoms with Crippen LogP contribution in [0.25, 0.3) is 0 Å². The minimum Gasteiger partial charge on any atom is -0.369 e. The standard InChI is InChI=1S/C8H13N3/c1-6-3-2-4-7-5-10-8(9)11(6)7/h5-6H,2-4H2,1H3,(H2,9,10). The average Bonchev–Trinajstić information content (AvgIpc) is 2.34. The smallest absolute Gasteiger partial charge is 0.200 e. The van der Waals surface area contributed by atoms with Gasteiger partial charge in [0.1, 0.15) is 0 Å². The third-order valence-electron chi connectivity index (χ3n) is 2.40. The van der Waals surface area contributed by atoms with Crippen LogP contribution in [0.1, 0.15) is 31.5 Å². The fourth-order valence-electron chi connectivity index (χ4n) is 1.81. The molecule has 2 N–H and O–H groups in total. The van der Waals surface area contributed by atoms with E-state index in [0.29, 0.717) is 12.0 Å². The summed E-state index contributed by atoms with van der Waals surface area (Å²) in [7, 11) is 0. The van der Waals surface area contributed by atoms with Crippen LogP contribution in [0.5, 0.6) is 0 Å². The highest BCUT2D eigenvalue weighted by atomic mass is 15.2. The summed E-state index contributed by atoms with van der Waals surface area (Å²) in [4.78, 5) is 4.09. The lowest BCUT2D eigenvalue weighted by atomic mass is 10.0. The van der Waals surface area contributed by atoms with Gasteiger partial charge in [0, 0.05) is 11.7 Å². The molecule has 1 unspecified atom stereocenters. The summed E-state index contributed by atoms with van der Waals surface area (Å²) in [6.07, 6.45) is 5.53. The highest BCUT2D eigenvalue weighted by molar-refractivity contribution is 5.24. The van der Waals surface area contributed by atoms with Crippen molar-refractivity contribution in [2.75, 3.05) is 5.73 Å². The number of nitrogens with zero attached hydrogens (tertiary/aromatic N) is 2. The average molecular weight is 151 g/mol. The van der Waals surface area contributed by atoms with E-state index in [1.165, 1.54) is 18.5 Å². The summed E-state index contributed by atoms with van der Waals surface area (Å²) in [5.41, 5.74) is 7.00. The van der Waals surface area contributed by atoms with E-state index in [1.807, 2.05) is 6.20 Å². The highest BCUT2D eigenvalue weighted by Gasteiger charge is 2.17. The number of nitrogen functional groups attached to an aromatic ring is 1. The normalized spacial score (nSPS) is 23.2.